The van der Waals surface area contributed by atoms with Crippen LogP contribution in [-0.4, -0.2) is 11.7 Å². The molecule has 4 nitrogen and oxygen atoms in total. The number of nitrogens with one attached hydrogen (secondary N) is 2. The lowest BCUT2D eigenvalue weighted by atomic mass is 10.2. The van der Waals surface area contributed by atoms with E-state index in [2.05, 4.69) is 101 Å². The minimum Gasteiger partial charge on any atom is -0.281 e. The molecule has 0 aromatic heterocycles. The first-order chi connectivity index (χ1) is 10.2. The minimum atomic E-state index is 0.727. The summed E-state index contributed by atoms with van der Waals surface area (Å²) in [7, 11) is 0. The fraction of sp³-hybridized carbons (Fsp3) is 0. The third kappa shape index (κ3) is 3.33. The maximum Gasteiger partial charge on any atom is 0.176 e. The number of amidine groups is 2. The summed E-state index contributed by atoms with van der Waals surface area (Å²) in [6.45, 7) is 0. The molecule has 0 saturated heterocycles. The van der Waals surface area contributed by atoms with Crippen molar-refractivity contribution in [1.82, 2.24) is 10.9 Å². The van der Waals surface area contributed by atoms with E-state index in [0.29, 0.717) is 0 Å². The van der Waals surface area contributed by atoms with Crippen molar-refractivity contribution >= 4 is 79.4 Å². The summed E-state index contributed by atoms with van der Waals surface area (Å²) in [4.78, 5) is 0. The van der Waals surface area contributed by atoms with Gasteiger partial charge in [-0.1, -0.05) is 24.3 Å². The van der Waals surface area contributed by atoms with Crippen molar-refractivity contribution in [2.24, 2.45) is 10.2 Å². The summed E-state index contributed by atoms with van der Waals surface area (Å²) in [5, 5.41) is 8.66. The van der Waals surface area contributed by atoms with Crippen LogP contribution in [0, 0.1) is 10.7 Å². The van der Waals surface area contributed by atoms with Crippen LogP contribution in [0.5, 0.6) is 0 Å². The number of nitrogens with zero attached hydrogens (tertiary/aromatic N) is 2. The minimum absolute atomic E-state index is 0.727. The third-order valence-electron chi connectivity index (χ3n) is 2.88. The maximum absolute atomic E-state index is 4.34. The zero-order valence-corrected chi connectivity index (χ0v) is 17.0. The summed E-state index contributed by atoms with van der Waals surface area (Å²) < 4.78 is 3.41. The number of halogens is 3. The Bertz CT molecular complexity index is 735. The molecule has 0 fully saturated rings. The van der Waals surface area contributed by atoms with Gasteiger partial charge in [0.05, 0.1) is 0 Å². The molecule has 2 N–H and O–H groups in total. The van der Waals surface area contributed by atoms with Gasteiger partial charge in [-0.2, -0.15) is 0 Å². The molecule has 0 spiro atoms. The van der Waals surface area contributed by atoms with Gasteiger partial charge >= 0.3 is 0 Å². The lowest BCUT2D eigenvalue weighted by Crippen LogP contribution is -2.45. The van der Waals surface area contributed by atoms with E-state index in [4.69, 9.17) is 0 Å². The monoisotopic (exact) mass is 614 g/mol. The first-order valence-electron chi connectivity index (χ1n) is 6.04. The highest BCUT2D eigenvalue weighted by Gasteiger charge is 2.17. The Hall–Kier alpha value is -0.430. The fourth-order valence-corrected chi connectivity index (χ4v) is 4.55. The van der Waals surface area contributed by atoms with Crippen molar-refractivity contribution in [3.8, 4) is 0 Å². The Morgan fingerprint density at radius 1 is 0.667 bits per heavy atom. The summed E-state index contributed by atoms with van der Waals surface area (Å²) in [5.74, 6) is 1.46. The second-order valence-electron chi connectivity index (χ2n) is 4.22. The van der Waals surface area contributed by atoms with E-state index < -0.39 is 0 Å². The quantitative estimate of drug-likeness (QED) is 0.508. The molecule has 7 heteroatoms. The van der Waals surface area contributed by atoms with Crippen LogP contribution in [0.25, 0.3) is 0 Å². The summed E-state index contributed by atoms with van der Waals surface area (Å²) in [6.07, 6.45) is 0. The molecular weight excluding hydrogens is 605 g/mol. The molecule has 2 aromatic rings. The predicted octanol–water partition coefficient (Wildman–Crippen LogP) is 3.72. The fourth-order valence-electron chi connectivity index (χ4n) is 1.88. The zero-order valence-electron chi connectivity index (χ0n) is 10.6. The molecule has 1 heterocycles. The van der Waals surface area contributed by atoms with E-state index in [0.717, 1.165) is 33.5 Å². The van der Waals surface area contributed by atoms with Crippen LogP contribution < -0.4 is 10.9 Å². The van der Waals surface area contributed by atoms with Crippen LogP contribution in [0.3, 0.4) is 0 Å². The van der Waals surface area contributed by atoms with Gasteiger partial charge < -0.3 is 0 Å². The Balaban J connectivity index is 1.98. The smallest absolute Gasteiger partial charge is 0.176 e. The van der Waals surface area contributed by atoms with E-state index in [1.54, 1.807) is 0 Å². The molecule has 1 aliphatic heterocycles. The number of hydrogen-bond acceptors (Lipinski definition) is 4. The van der Waals surface area contributed by atoms with Gasteiger partial charge in [0, 0.05) is 21.8 Å². The molecule has 2 aromatic carbocycles. The summed E-state index contributed by atoms with van der Waals surface area (Å²) >= 11 is 6.91. The topological polar surface area (TPSA) is 48.8 Å². The van der Waals surface area contributed by atoms with E-state index in [9.17, 15) is 0 Å². The highest BCUT2D eigenvalue weighted by Crippen LogP contribution is 2.20. The van der Waals surface area contributed by atoms with Crippen molar-refractivity contribution in [3.63, 3.8) is 0 Å². The Kier molecular flexibility index (Phi) is 4.99. The van der Waals surface area contributed by atoms with Crippen LogP contribution in [-0.2, 0) is 0 Å². The SMILES string of the molecule is Ic1ccccc1C1=NN=C(c2c(I)cccc2I)NN1. The number of rotatable bonds is 2. The second-order valence-corrected chi connectivity index (χ2v) is 7.71. The van der Waals surface area contributed by atoms with Gasteiger partial charge in [0.15, 0.2) is 11.7 Å². The molecule has 3 rings (SSSR count). The molecule has 0 bridgehead atoms. The molecule has 21 heavy (non-hydrogen) atoms. The van der Waals surface area contributed by atoms with E-state index >= 15 is 0 Å². The molecule has 0 atom stereocenters. The second kappa shape index (κ2) is 6.77. The molecule has 0 unspecified atom stereocenters. The number of hydrazine groups is 1. The van der Waals surface area contributed by atoms with E-state index in [-0.39, 0.29) is 0 Å². The molecule has 0 saturated carbocycles. The van der Waals surface area contributed by atoms with Crippen LogP contribution in [0.15, 0.2) is 52.7 Å². The molecule has 0 radical (unpaired) electrons. The van der Waals surface area contributed by atoms with Gasteiger partial charge in [0.2, 0.25) is 0 Å². The van der Waals surface area contributed by atoms with Crippen LogP contribution in [0.2, 0.25) is 0 Å². The van der Waals surface area contributed by atoms with Crippen LogP contribution >= 0.6 is 67.8 Å². The zero-order chi connectivity index (χ0) is 14.8. The lowest BCUT2D eigenvalue weighted by Gasteiger charge is -2.19. The van der Waals surface area contributed by atoms with Crippen LogP contribution in [0.4, 0.5) is 0 Å². The average Bonchev–Trinajstić information content (AvgIpc) is 2.48. The standard InChI is InChI=1S/C14H9I3N4/c15-9-5-2-1-4-8(9)13-18-20-14(21-19-13)12-10(16)6-3-7-11(12)17/h1-7H,(H,18,19)(H,20,21). The highest BCUT2D eigenvalue weighted by atomic mass is 127. The first-order valence-corrected chi connectivity index (χ1v) is 9.27. The normalized spacial score (nSPS) is 13.9. The molecule has 1 aliphatic rings. The Morgan fingerprint density at radius 3 is 1.86 bits per heavy atom. The van der Waals surface area contributed by atoms with Crippen LogP contribution in [0.1, 0.15) is 11.1 Å². The number of hydrogen-bond donors (Lipinski definition) is 2. The molecule has 0 aliphatic carbocycles. The Labute approximate surface area is 163 Å². The molecule has 106 valence electrons. The maximum atomic E-state index is 4.34. The average molecular weight is 614 g/mol. The van der Waals surface area contributed by atoms with Gasteiger partial charge in [-0.15, -0.1) is 10.2 Å². The summed E-state index contributed by atoms with van der Waals surface area (Å²) in [6, 6.07) is 14.2. The lowest BCUT2D eigenvalue weighted by molar-refractivity contribution is 0.824. The largest absolute Gasteiger partial charge is 0.281 e. The third-order valence-corrected chi connectivity index (χ3v) is 5.62. The van der Waals surface area contributed by atoms with E-state index in [1.807, 2.05) is 30.3 Å². The Morgan fingerprint density at radius 2 is 1.24 bits per heavy atom. The van der Waals surface area contributed by atoms with Crippen molar-refractivity contribution in [2.45, 2.75) is 0 Å². The molecular formula is C14H9I3N4. The van der Waals surface area contributed by atoms with Gasteiger partial charge in [0.1, 0.15) is 0 Å². The predicted molar refractivity (Wildman–Crippen MR) is 110 cm³/mol. The van der Waals surface area contributed by atoms with Crippen molar-refractivity contribution in [1.29, 1.82) is 0 Å². The molecule has 0 amide bonds. The van der Waals surface area contributed by atoms with Gasteiger partial charge in [-0.05, 0) is 86.0 Å². The van der Waals surface area contributed by atoms with Gasteiger partial charge in [0.25, 0.3) is 0 Å². The van der Waals surface area contributed by atoms with Gasteiger partial charge in [-0.3, -0.25) is 10.9 Å². The van der Waals surface area contributed by atoms with Crippen molar-refractivity contribution in [2.75, 3.05) is 0 Å². The van der Waals surface area contributed by atoms with Gasteiger partial charge in [-0.25, -0.2) is 0 Å². The van der Waals surface area contributed by atoms with Crippen molar-refractivity contribution < 1.29 is 0 Å². The number of benzene rings is 2. The highest BCUT2D eigenvalue weighted by molar-refractivity contribution is 14.1. The first kappa shape index (κ1) is 15.5. The van der Waals surface area contributed by atoms with E-state index in [1.165, 1.54) is 0 Å². The summed E-state index contributed by atoms with van der Waals surface area (Å²) in [5.41, 5.74) is 8.39. The van der Waals surface area contributed by atoms with Crippen molar-refractivity contribution in [3.05, 3.63) is 64.3 Å².